The van der Waals surface area contributed by atoms with Crippen LogP contribution in [0.5, 0.6) is 5.88 Å². The Bertz CT molecular complexity index is 391. The Hall–Kier alpha value is -0.960. The molecule has 0 atom stereocenters. The average Bonchev–Trinajstić information content (AvgIpc) is 2.65. The third-order valence-corrected chi connectivity index (χ3v) is 3.68. The molecule has 0 radical (unpaired) electrons. The Balaban J connectivity index is 1.78. The van der Waals surface area contributed by atoms with Gasteiger partial charge in [0.15, 0.2) is 5.88 Å². The third-order valence-electron chi connectivity index (χ3n) is 3.68. The Labute approximate surface area is 90.2 Å². The zero-order valence-corrected chi connectivity index (χ0v) is 9.25. The first-order chi connectivity index (χ1) is 7.18. The van der Waals surface area contributed by atoms with Gasteiger partial charge in [-0.15, -0.1) is 0 Å². The number of nitrogens with zero attached hydrogens (tertiary/aromatic N) is 1. The van der Waals surface area contributed by atoms with Crippen molar-refractivity contribution < 1.29 is 4.74 Å². The highest BCUT2D eigenvalue weighted by molar-refractivity contribution is 5.38. The SMILES string of the molecule is Cc1cn2c(c1CCC1(N)CC1)OCC2. The maximum Gasteiger partial charge on any atom is 0.197 e. The summed E-state index contributed by atoms with van der Waals surface area (Å²) < 4.78 is 7.88. The first kappa shape index (κ1) is 9.28. The maximum atomic E-state index is 6.11. The molecule has 1 aliphatic carbocycles. The van der Waals surface area contributed by atoms with E-state index >= 15 is 0 Å². The van der Waals surface area contributed by atoms with Gasteiger partial charge in [-0.1, -0.05) is 0 Å². The average molecular weight is 206 g/mol. The zero-order valence-electron chi connectivity index (χ0n) is 9.25. The van der Waals surface area contributed by atoms with Gasteiger partial charge in [-0.05, 0) is 38.2 Å². The van der Waals surface area contributed by atoms with E-state index in [1.165, 1.54) is 24.0 Å². The summed E-state index contributed by atoms with van der Waals surface area (Å²) in [6.45, 7) is 4.00. The van der Waals surface area contributed by atoms with Crippen molar-refractivity contribution in [3.63, 3.8) is 0 Å². The molecule has 2 heterocycles. The van der Waals surface area contributed by atoms with Crippen LogP contribution in [0.1, 0.15) is 30.4 Å². The van der Waals surface area contributed by atoms with Gasteiger partial charge in [0, 0.05) is 17.3 Å². The van der Waals surface area contributed by atoms with E-state index in [1.54, 1.807) is 0 Å². The van der Waals surface area contributed by atoms with Crippen LogP contribution < -0.4 is 10.5 Å². The summed E-state index contributed by atoms with van der Waals surface area (Å²) in [5, 5.41) is 0. The Morgan fingerprint density at radius 2 is 2.33 bits per heavy atom. The highest BCUT2D eigenvalue weighted by Crippen LogP contribution is 2.38. The van der Waals surface area contributed by atoms with Crippen LogP contribution in [-0.4, -0.2) is 16.7 Å². The van der Waals surface area contributed by atoms with Gasteiger partial charge >= 0.3 is 0 Å². The van der Waals surface area contributed by atoms with Gasteiger partial charge in [-0.2, -0.15) is 0 Å². The summed E-state index contributed by atoms with van der Waals surface area (Å²) >= 11 is 0. The molecule has 1 aromatic heterocycles. The molecule has 3 nitrogen and oxygen atoms in total. The number of hydrogen-bond donors (Lipinski definition) is 1. The summed E-state index contributed by atoms with van der Waals surface area (Å²) in [5.74, 6) is 1.09. The molecule has 1 saturated carbocycles. The minimum Gasteiger partial charge on any atom is -0.477 e. The molecule has 1 fully saturated rings. The summed E-state index contributed by atoms with van der Waals surface area (Å²) in [4.78, 5) is 0. The second-order valence-corrected chi connectivity index (χ2v) is 5.00. The van der Waals surface area contributed by atoms with Crippen LogP contribution in [0.2, 0.25) is 0 Å². The highest BCUT2D eigenvalue weighted by Gasteiger charge is 2.38. The van der Waals surface area contributed by atoms with Crippen LogP contribution >= 0.6 is 0 Å². The number of fused-ring (bicyclic) bond motifs is 1. The molecule has 1 aliphatic heterocycles. The maximum absolute atomic E-state index is 6.11. The number of ether oxygens (including phenoxy) is 1. The lowest BCUT2D eigenvalue weighted by molar-refractivity contribution is 0.352. The van der Waals surface area contributed by atoms with Crippen molar-refractivity contribution in [2.75, 3.05) is 6.61 Å². The topological polar surface area (TPSA) is 40.2 Å². The molecule has 2 N–H and O–H groups in total. The van der Waals surface area contributed by atoms with Crippen LogP contribution in [0.25, 0.3) is 0 Å². The summed E-state index contributed by atoms with van der Waals surface area (Å²) in [5.41, 5.74) is 9.00. The Morgan fingerprint density at radius 3 is 3.07 bits per heavy atom. The zero-order chi connectivity index (χ0) is 10.5. The molecule has 3 rings (SSSR count). The summed E-state index contributed by atoms with van der Waals surface area (Å²) in [6.07, 6.45) is 6.78. The number of aryl methyl sites for hydroxylation is 1. The van der Waals surface area contributed by atoms with Crippen LogP contribution in [-0.2, 0) is 13.0 Å². The Morgan fingerprint density at radius 1 is 1.53 bits per heavy atom. The summed E-state index contributed by atoms with van der Waals surface area (Å²) in [7, 11) is 0. The van der Waals surface area contributed by atoms with Crippen molar-refractivity contribution in [3.8, 4) is 5.88 Å². The van der Waals surface area contributed by atoms with Crippen LogP contribution in [0.4, 0.5) is 0 Å². The predicted octanol–water partition coefficient (Wildman–Crippen LogP) is 1.61. The van der Waals surface area contributed by atoms with Gasteiger partial charge in [-0.25, -0.2) is 0 Å². The molecule has 2 aliphatic rings. The number of nitrogens with two attached hydrogens (primary N) is 1. The standard InChI is InChI=1S/C12H18N2O/c1-9-8-14-6-7-15-11(14)10(9)2-3-12(13)4-5-12/h8H,2-7,13H2,1H3. The minimum absolute atomic E-state index is 0.153. The number of rotatable bonds is 3. The lowest BCUT2D eigenvalue weighted by Gasteiger charge is -2.09. The van der Waals surface area contributed by atoms with Crippen molar-refractivity contribution in [1.82, 2.24) is 4.57 Å². The number of hydrogen-bond acceptors (Lipinski definition) is 2. The second kappa shape index (κ2) is 3.01. The molecule has 3 heteroatoms. The monoisotopic (exact) mass is 206 g/mol. The molecular formula is C12H18N2O. The quantitative estimate of drug-likeness (QED) is 0.816. The molecule has 15 heavy (non-hydrogen) atoms. The van der Waals surface area contributed by atoms with Crippen molar-refractivity contribution in [3.05, 3.63) is 17.3 Å². The van der Waals surface area contributed by atoms with E-state index in [0.29, 0.717) is 0 Å². The molecule has 0 saturated heterocycles. The van der Waals surface area contributed by atoms with Gasteiger partial charge in [0.2, 0.25) is 0 Å². The molecule has 0 spiro atoms. The molecule has 0 aromatic carbocycles. The third kappa shape index (κ3) is 1.55. The van der Waals surface area contributed by atoms with Gasteiger partial charge in [0.25, 0.3) is 0 Å². The van der Waals surface area contributed by atoms with E-state index in [-0.39, 0.29) is 5.54 Å². The molecule has 82 valence electrons. The van der Waals surface area contributed by atoms with E-state index in [2.05, 4.69) is 17.7 Å². The smallest absolute Gasteiger partial charge is 0.197 e. The first-order valence-corrected chi connectivity index (χ1v) is 5.78. The van der Waals surface area contributed by atoms with Gasteiger partial charge in [-0.3, -0.25) is 0 Å². The lowest BCUT2D eigenvalue weighted by Crippen LogP contribution is -2.22. The fourth-order valence-electron chi connectivity index (χ4n) is 2.38. The van der Waals surface area contributed by atoms with Crippen molar-refractivity contribution in [2.24, 2.45) is 5.73 Å². The van der Waals surface area contributed by atoms with E-state index in [4.69, 9.17) is 10.5 Å². The summed E-state index contributed by atoms with van der Waals surface area (Å²) in [6, 6.07) is 0. The molecule has 0 amide bonds. The molecule has 1 aromatic rings. The second-order valence-electron chi connectivity index (χ2n) is 5.00. The lowest BCUT2D eigenvalue weighted by atomic mass is 10.0. The minimum atomic E-state index is 0.153. The fraction of sp³-hybridized carbons (Fsp3) is 0.667. The predicted molar refractivity (Wildman–Crippen MR) is 59.1 cm³/mol. The van der Waals surface area contributed by atoms with E-state index in [9.17, 15) is 0 Å². The Kier molecular flexibility index (Phi) is 1.87. The normalized spacial score (nSPS) is 21.2. The van der Waals surface area contributed by atoms with Crippen molar-refractivity contribution in [2.45, 2.75) is 44.7 Å². The van der Waals surface area contributed by atoms with Crippen molar-refractivity contribution >= 4 is 0 Å². The van der Waals surface area contributed by atoms with Gasteiger partial charge < -0.3 is 15.0 Å². The van der Waals surface area contributed by atoms with Crippen LogP contribution in [0.15, 0.2) is 6.20 Å². The van der Waals surface area contributed by atoms with Crippen LogP contribution in [0, 0.1) is 6.92 Å². The van der Waals surface area contributed by atoms with Crippen LogP contribution in [0.3, 0.4) is 0 Å². The van der Waals surface area contributed by atoms with Crippen molar-refractivity contribution in [1.29, 1.82) is 0 Å². The van der Waals surface area contributed by atoms with Gasteiger partial charge in [0.05, 0.1) is 6.54 Å². The first-order valence-electron chi connectivity index (χ1n) is 5.78. The van der Waals surface area contributed by atoms with E-state index in [0.717, 1.165) is 31.9 Å². The highest BCUT2D eigenvalue weighted by atomic mass is 16.5. The fourth-order valence-corrected chi connectivity index (χ4v) is 2.38. The molecule has 0 bridgehead atoms. The molecular weight excluding hydrogens is 188 g/mol. The largest absolute Gasteiger partial charge is 0.477 e. The number of aromatic nitrogens is 1. The van der Waals surface area contributed by atoms with Gasteiger partial charge in [0.1, 0.15) is 6.61 Å². The molecule has 0 unspecified atom stereocenters. The van der Waals surface area contributed by atoms with E-state index < -0.39 is 0 Å². The van der Waals surface area contributed by atoms with E-state index in [1.807, 2.05) is 0 Å².